The number of rotatable bonds is 4. The Bertz CT molecular complexity index is 1010. The number of piperidine rings is 1. The van der Waals surface area contributed by atoms with Crippen molar-refractivity contribution in [3.63, 3.8) is 0 Å². The van der Waals surface area contributed by atoms with Crippen molar-refractivity contribution in [2.24, 2.45) is 0 Å². The van der Waals surface area contributed by atoms with Crippen LogP contribution in [-0.2, 0) is 11.2 Å². The molecule has 3 aromatic rings. The van der Waals surface area contributed by atoms with Crippen molar-refractivity contribution >= 4 is 16.8 Å². The first-order valence-corrected chi connectivity index (χ1v) is 8.95. The molecule has 0 unspecified atom stereocenters. The van der Waals surface area contributed by atoms with Gasteiger partial charge in [-0.15, -0.1) is 0 Å². The van der Waals surface area contributed by atoms with E-state index in [1.165, 1.54) is 12.4 Å². The molecule has 1 atom stereocenters. The van der Waals surface area contributed by atoms with Gasteiger partial charge in [0, 0.05) is 36.0 Å². The third-order valence-electron chi connectivity index (χ3n) is 4.80. The van der Waals surface area contributed by atoms with E-state index in [0.29, 0.717) is 19.5 Å². The number of fused-ring (bicyclic) bond motifs is 1. The first-order valence-electron chi connectivity index (χ1n) is 8.95. The van der Waals surface area contributed by atoms with Crippen molar-refractivity contribution in [1.82, 2.24) is 19.9 Å². The average Bonchev–Trinajstić information content (AvgIpc) is 3.11. The second-order valence-corrected chi connectivity index (χ2v) is 6.58. The van der Waals surface area contributed by atoms with Crippen LogP contribution >= 0.6 is 0 Å². The number of likely N-dealkylation sites (tertiary alicyclic amines) is 1. The van der Waals surface area contributed by atoms with Crippen LogP contribution < -0.4 is 4.74 Å². The zero-order valence-electron chi connectivity index (χ0n) is 14.8. The van der Waals surface area contributed by atoms with Crippen molar-refractivity contribution in [2.45, 2.75) is 25.4 Å². The smallest absolute Gasteiger partial charge is 0.251 e. The molecule has 0 radical (unpaired) electrons. The van der Waals surface area contributed by atoms with Gasteiger partial charge in [-0.3, -0.25) is 4.79 Å². The maximum atomic E-state index is 12.8. The second-order valence-electron chi connectivity index (χ2n) is 6.58. The number of hydrogen-bond donors (Lipinski definition) is 1. The predicted octanol–water partition coefficient (Wildman–Crippen LogP) is 2.44. The van der Waals surface area contributed by atoms with E-state index in [4.69, 9.17) is 10.00 Å². The lowest BCUT2D eigenvalue weighted by Gasteiger charge is -2.32. The van der Waals surface area contributed by atoms with E-state index < -0.39 is 0 Å². The monoisotopic (exact) mass is 361 g/mol. The number of benzene rings is 1. The molecule has 1 saturated heterocycles. The summed E-state index contributed by atoms with van der Waals surface area (Å²) in [6.07, 6.45) is 6.70. The Morgan fingerprint density at radius 3 is 3.07 bits per heavy atom. The van der Waals surface area contributed by atoms with Crippen LogP contribution in [0.1, 0.15) is 24.1 Å². The fourth-order valence-corrected chi connectivity index (χ4v) is 3.46. The number of amides is 1. The first kappa shape index (κ1) is 17.0. The zero-order chi connectivity index (χ0) is 18.6. The molecular formula is C20H19N5O2. The lowest BCUT2D eigenvalue weighted by molar-refractivity contribution is -0.133. The summed E-state index contributed by atoms with van der Waals surface area (Å²) in [6, 6.07) is 9.95. The van der Waals surface area contributed by atoms with Gasteiger partial charge in [0.2, 0.25) is 11.6 Å². The number of para-hydroxylation sites is 1. The number of nitrogens with one attached hydrogen (secondary N) is 1. The number of ether oxygens (including phenoxy) is 1. The van der Waals surface area contributed by atoms with Crippen LogP contribution in [0.25, 0.3) is 10.9 Å². The van der Waals surface area contributed by atoms with Crippen LogP contribution in [0.15, 0.2) is 42.9 Å². The normalized spacial score (nSPS) is 16.9. The van der Waals surface area contributed by atoms with Gasteiger partial charge in [0.05, 0.1) is 13.0 Å². The van der Waals surface area contributed by atoms with Gasteiger partial charge in [-0.25, -0.2) is 9.97 Å². The molecule has 27 heavy (non-hydrogen) atoms. The Morgan fingerprint density at radius 1 is 1.33 bits per heavy atom. The summed E-state index contributed by atoms with van der Waals surface area (Å²) >= 11 is 0. The number of nitriles is 1. The molecule has 0 bridgehead atoms. The van der Waals surface area contributed by atoms with Gasteiger partial charge in [0.1, 0.15) is 12.2 Å². The molecule has 1 aromatic carbocycles. The summed E-state index contributed by atoms with van der Waals surface area (Å²) in [5, 5.41) is 10.2. The Kier molecular flexibility index (Phi) is 4.71. The van der Waals surface area contributed by atoms with E-state index in [2.05, 4.69) is 15.0 Å². The molecule has 1 N–H and O–H groups in total. The molecule has 0 aliphatic carbocycles. The summed E-state index contributed by atoms with van der Waals surface area (Å²) in [6.45, 7) is 1.20. The maximum Gasteiger partial charge on any atom is 0.251 e. The quantitative estimate of drug-likeness (QED) is 0.770. The van der Waals surface area contributed by atoms with E-state index in [1.807, 2.05) is 41.4 Å². The number of nitrogens with zero attached hydrogens (tertiary/aromatic N) is 4. The minimum Gasteiger partial charge on any atom is -0.470 e. The third kappa shape index (κ3) is 3.60. The van der Waals surface area contributed by atoms with Crippen LogP contribution in [-0.4, -0.2) is 45.0 Å². The number of carbonyl (C=O) groups is 1. The molecule has 0 spiro atoms. The standard InChI is InChI=1S/C20H19N5O2/c21-11-18-20(23-8-7-22-18)27-15-4-3-9-25(13-15)19(26)10-14-12-24-17-6-2-1-5-16(14)17/h1-2,5-8,12,15,24H,3-4,9-10,13H2/t15-/m1/s1. The van der Waals surface area contributed by atoms with Crippen molar-refractivity contribution in [1.29, 1.82) is 5.26 Å². The first-order chi connectivity index (χ1) is 13.2. The number of aromatic amines is 1. The van der Waals surface area contributed by atoms with E-state index >= 15 is 0 Å². The summed E-state index contributed by atoms with van der Waals surface area (Å²) in [7, 11) is 0. The second kappa shape index (κ2) is 7.46. The Labute approximate surface area is 156 Å². The number of H-pyrrole nitrogens is 1. The van der Waals surface area contributed by atoms with Gasteiger partial charge >= 0.3 is 0 Å². The Morgan fingerprint density at radius 2 is 2.19 bits per heavy atom. The van der Waals surface area contributed by atoms with Crippen molar-refractivity contribution in [2.75, 3.05) is 13.1 Å². The molecule has 0 saturated carbocycles. The minimum atomic E-state index is -0.186. The molecule has 4 rings (SSSR count). The summed E-state index contributed by atoms with van der Waals surface area (Å²) in [5.74, 6) is 0.309. The highest BCUT2D eigenvalue weighted by atomic mass is 16.5. The minimum absolute atomic E-state index is 0.0766. The highest BCUT2D eigenvalue weighted by Crippen LogP contribution is 2.21. The van der Waals surface area contributed by atoms with Gasteiger partial charge in [0.15, 0.2) is 0 Å². The summed E-state index contributed by atoms with van der Waals surface area (Å²) in [4.78, 5) is 25.9. The average molecular weight is 361 g/mol. The molecule has 7 heteroatoms. The number of carbonyl (C=O) groups excluding carboxylic acids is 1. The predicted molar refractivity (Wildman–Crippen MR) is 99.0 cm³/mol. The molecule has 1 fully saturated rings. The van der Waals surface area contributed by atoms with Crippen molar-refractivity contribution in [3.8, 4) is 11.9 Å². The molecular weight excluding hydrogens is 342 g/mol. The SMILES string of the molecule is N#Cc1nccnc1O[C@@H]1CCCN(C(=O)Cc2c[nH]c3ccccc23)C1. The fraction of sp³-hybridized carbons (Fsp3) is 0.300. The van der Waals surface area contributed by atoms with Gasteiger partial charge in [0.25, 0.3) is 5.88 Å². The topological polar surface area (TPSA) is 94.9 Å². The largest absolute Gasteiger partial charge is 0.470 e. The highest BCUT2D eigenvalue weighted by Gasteiger charge is 2.26. The molecule has 1 aliphatic rings. The summed E-state index contributed by atoms with van der Waals surface area (Å²) in [5.41, 5.74) is 2.20. The van der Waals surface area contributed by atoms with Crippen molar-refractivity contribution in [3.05, 3.63) is 54.1 Å². The summed E-state index contributed by atoms with van der Waals surface area (Å²) < 4.78 is 5.87. The van der Waals surface area contributed by atoms with Crippen molar-refractivity contribution < 1.29 is 9.53 Å². The van der Waals surface area contributed by atoms with Gasteiger partial charge in [-0.05, 0) is 24.5 Å². The zero-order valence-corrected chi connectivity index (χ0v) is 14.8. The lowest BCUT2D eigenvalue weighted by atomic mass is 10.1. The Balaban J connectivity index is 1.43. The number of aromatic nitrogens is 3. The molecule has 7 nitrogen and oxygen atoms in total. The fourth-order valence-electron chi connectivity index (χ4n) is 3.46. The maximum absolute atomic E-state index is 12.8. The van der Waals surface area contributed by atoms with E-state index in [9.17, 15) is 4.79 Å². The lowest BCUT2D eigenvalue weighted by Crippen LogP contribution is -2.45. The van der Waals surface area contributed by atoms with Crippen LogP contribution in [0.2, 0.25) is 0 Å². The van der Waals surface area contributed by atoms with E-state index in [0.717, 1.165) is 29.3 Å². The molecule has 136 valence electrons. The van der Waals surface area contributed by atoms with Crippen LogP contribution in [0.3, 0.4) is 0 Å². The molecule has 1 aliphatic heterocycles. The van der Waals surface area contributed by atoms with Crippen LogP contribution in [0.4, 0.5) is 0 Å². The van der Waals surface area contributed by atoms with E-state index in [-0.39, 0.29) is 23.6 Å². The van der Waals surface area contributed by atoms with E-state index in [1.54, 1.807) is 0 Å². The van der Waals surface area contributed by atoms with Gasteiger partial charge < -0.3 is 14.6 Å². The van der Waals surface area contributed by atoms with Gasteiger partial charge in [-0.2, -0.15) is 5.26 Å². The van der Waals surface area contributed by atoms with Gasteiger partial charge in [-0.1, -0.05) is 18.2 Å². The number of hydrogen-bond acceptors (Lipinski definition) is 5. The molecule has 1 amide bonds. The molecule has 3 heterocycles. The van der Waals surface area contributed by atoms with Crippen LogP contribution in [0.5, 0.6) is 5.88 Å². The third-order valence-corrected chi connectivity index (χ3v) is 4.80. The highest BCUT2D eigenvalue weighted by molar-refractivity contribution is 5.88. The Hall–Kier alpha value is -3.40. The van der Waals surface area contributed by atoms with Crippen LogP contribution in [0, 0.1) is 11.3 Å². The molecule has 2 aromatic heterocycles.